The van der Waals surface area contributed by atoms with Gasteiger partial charge in [0.25, 0.3) is 0 Å². The maximum atomic E-state index is 9.04. The Morgan fingerprint density at radius 3 is 2.68 bits per heavy atom. The molecule has 19 heavy (non-hydrogen) atoms. The van der Waals surface area contributed by atoms with Gasteiger partial charge in [-0.2, -0.15) is 5.26 Å². The normalized spacial score (nSPS) is 13.4. The van der Waals surface area contributed by atoms with E-state index < -0.39 is 0 Å². The summed E-state index contributed by atoms with van der Waals surface area (Å²) in [5.74, 6) is 0. The predicted octanol–water partition coefficient (Wildman–Crippen LogP) is 3.88. The van der Waals surface area contributed by atoms with E-state index in [0.717, 1.165) is 34.6 Å². The quantitative estimate of drug-likeness (QED) is 0.868. The molecule has 0 atom stereocenters. The van der Waals surface area contributed by atoms with E-state index in [-0.39, 0.29) is 0 Å². The van der Waals surface area contributed by atoms with Crippen LogP contribution in [0.15, 0.2) is 46.9 Å². The Hall–Kier alpha value is -1.99. The fourth-order valence-corrected chi connectivity index (χ4v) is 2.55. The lowest BCUT2D eigenvalue weighted by Gasteiger charge is -2.32. The van der Waals surface area contributed by atoms with Crippen molar-refractivity contribution in [2.24, 2.45) is 0 Å². The van der Waals surface area contributed by atoms with Crippen molar-refractivity contribution < 1.29 is 0 Å². The van der Waals surface area contributed by atoms with Crippen LogP contribution >= 0.6 is 15.9 Å². The molecule has 1 N–H and O–H groups in total. The minimum atomic E-state index is 0.685. The topological polar surface area (TPSA) is 39.1 Å². The Balaban J connectivity index is 2.06. The second-order valence-electron chi connectivity index (χ2n) is 4.40. The smallest absolute Gasteiger partial charge is 0.0992 e. The van der Waals surface area contributed by atoms with Crippen molar-refractivity contribution in [1.29, 1.82) is 5.26 Å². The first-order chi connectivity index (χ1) is 9.28. The van der Waals surface area contributed by atoms with Crippen molar-refractivity contribution in [3.8, 4) is 6.07 Å². The van der Waals surface area contributed by atoms with E-state index in [1.165, 1.54) is 0 Å². The van der Waals surface area contributed by atoms with E-state index in [1.54, 1.807) is 0 Å². The molecule has 0 bridgehead atoms. The van der Waals surface area contributed by atoms with Crippen LogP contribution in [0.3, 0.4) is 0 Å². The van der Waals surface area contributed by atoms with Crippen molar-refractivity contribution in [2.75, 3.05) is 23.3 Å². The number of fused-ring (bicyclic) bond motifs is 1. The summed E-state index contributed by atoms with van der Waals surface area (Å²) in [6, 6.07) is 16.2. The molecular weight excluding hydrogens is 302 g/mol. The highest BCUT2D eigenvalue weighted by atomic mass is 79.9. The van der Waals surface area contributed by atoms with Crippen molar-refractivity contribution in [3.63, 3.8) is 0 Å². The molecular formula is C15H12BrN3. The molecule has 2 aromatic carbocycles. The van der Waals surface area contributed by atoms with E-state index in [1.807, 2.05) is 30.3 Å². The van der Waals surface area contributed by atoms with Crippen LogP contribution in [-0.2, 0) is 0 Å². The fourth-order valence-electron chi connectivity index (χ4n) is 2.29. The van der Waals surface area contributed by atoms with E-state index in [9.17, 15) is 0 Å². The second kappa shape index (κ2) is 4.94. The Bertz CT molecular complexity index is 643. The first-order valence-electron chi connectivity index (χ1n) is 6.09. The zero-order valence-electron chi connectivity index (χ0n) is 10.2. The van der Waals surface area contributed by atoms with E-state index in [0.29, 0.717) is 5.56 Å². The van der Waals surface area contributed by atoms with Gasteiger partial charge < -0.3 is 10.2 Å². The number of rotatable bonds is 1. The van der Waals surface area contributed by atoms with E-state index >= 15 is 0 Å². The first kappa shape index (κ1) is 12.1. The summed E-state index contributed by atoms with van der Waals surface area (Å²) in [7, 11) is 0. The predicted molar refractivity (Wildman–Crippen MR) is 80.8 cm³/mol. The van der Waals surface area contributed by atoms with Crippen molar-refractivity contribution in [2.45, 2.75) is 0 Å². The minimum Gasteiger partial charge on any atom is -0.382 e. The number of benzene rings is 2. The van der Waals surface area contributed by atoms with Gasteiger partial charge in [0.2, 0.25) is 0 Å². The highest BCUT2D eigenvalue weighted by Gasteiger charge is 2.18. The van der Waals surface area contributed by atoms with Crippen molar-refractivity contribution >= 4 is 33.0 Å². The van der Waals surface area contributed by atoms with Crippen LogP contribution in [0.5, 0.6) is 0 Å². The molecule has 0 aromatic heterocycles. The number of hydrogen-bond donors (Lipinski definition) is 1. The largest absolute Gasteiger partial charge is 0.382 e. The SMILES string of the molecule is N#Cc1ccc2c(c1)N(c1ccc(Br)cc1)CCN2. The lowest BCUT2D eigenvalue weighted by molar-refractivity contribution is 0.926. The third kappa shape index (κ3) is 2.29. The van der Waals surface area contributed by atoms with Gasteiger partial charge >= 0.3 is 0 Å². The molecule has 0 fully saturated rings. The summed E-state index contributed by atoms with van der Waals surface area (Å²) in [5, 5.41) is 12.4. The molecule has 0 amide bonds. The van der Waals surface area contributed by atoms with Gasteiger partial charge in [-0.3, -0.25) is 0 Å². The molecule has 1 aliphatic heterocycles. The molecule has 3 nitrogen and oxygen atoms in total. The molecule has 4 heteroatoms. The average Bonchev–Trinajstić information content (AvgIpc) is 2.47. The van der Waals surface area contributed by atoms with Gasteiger partial charge in [0.05, 0.1) is 23.0 Å². The zero-order chi connectivity index (χ0) is 13.2. The number of nitrogens with one attached hydrogen (secondary N) is 1. The molecule has 94 valence electrons. The van der Waals surface area contributed by atoms with Crippen LogP contribution in [0, 0.1) is 11.3 Å². The van der Waals surface area contributed by atoms with Gasteiger partial charge in [0.1, 0.15) is 0 Å². The van der Waals surface area contributed by atoms with E-state index in [4.69, 9.17) is 5.26 Å². The van der Waals surface area contributed by atoms with Gasteiger partial charge in [0, 0.05) is 23.2 Å². The van der Waals surface area contributed by atoms with Gasteiger partial charge in [-0.1, -0.05) is 15.9 Å². The molecule has 0 saturated heterocycles. The first-order valence-corrected chi connectivity index (χ1v) is 6.88. The number of nitriles is 1. The molecule has 1 heterocycles. The average molecular weight is 314 g/mol. The van der Waals surface area contributed by atoms with Gasteiger partial charge in [-0.05, 0) is 42.5 Å². The summed E-state index contributed by atoms with van der Waals surface area (Å²) in [6.07, 6.45) is 0. The van der Waals surface area contributed by atoms with Crippen molar-refractivity contribution in [3.05, 3.63) is 52.5 Å². The number of nitrogens with zero attached hydrogens (tertiary/aromatic N) is 2. The lowest BCUT2D eigenvalue weighted by atomic mass is 10.1. The Labute approximate surface area is 120 Å². The number of hydrogen-bond acceptors (Lipinski definition) is 3. The van der Waals surface area contributed by atoms with E-state index in [2.05, 4.69) is 44.3 Å². The standard InChI is InChI=1S/C15H12BrN3/c16-12-2-4-13(5-3-12)19-8-7-18-14-6-1-11(10-17)9-15(14)19/h1-6,9,18H,7-8H2. The second-order valence-corrected chi connectivity index (χ2v) is 5.31. The number of halogens is 1. The molecule has 0 unspecified atom stereocenters. The molecule has 2 aromatic rings. The molecule has 0 aliphatic carbocycles. The molecule has 0 radical (unpaired) electrons. The van der Waals surface area contributed by atoms with Crippen LogP contribution in [-0.4, -0.2) is 13.1 Å². The van der Waals surface area contributed by atoms with Crippen LogP contribution in [0.2, 0.25) is 0 Å². The maximum Gasteiger partial charge on any atom is 0.0992 e. The lowest BCUT2D eigenvalue weighted by Crippen LogP contribution is -2.30. The highest BCUT2D eigenvalue weighted by Crippen LogP contribution is 2.35. The van der Waals surface area contributed by atoms with Gasteiger partial charge in [0.15, 0.2) is 0 Å². The molecule has 3 rings (SSSR count). The molecule has 1 aliphatic rings. The van der Waals surface area contributed by atoms with Crippen LogP contribution < -0.4 is 10.2 Å². The Kier molecular flexibility index (Phi) is 3.14. The van der Waals surface area contributed by atoms with Crippen LogP contribution in [0.4, 0.5) is 17.1 Å². The van der Waals surface area contributed by atoms with Gasteiger partial charge in [-0.25, -0.2) is 0 Å². The third-order valence-corrected chi connectivity index (χ3v) is 3.74. The summed E-state index contributed by atoms with van der Waals surface area (Å²) in [5.41, 5.74) is 3.96. The highest BCUT2D eigenvalue weighted by molar-refractivity contribution is 9.10. The fraction of sp³-hybridized carbons (Fsp3) is 0.133. The molecule has 0 saturated carbocycles. The van der Waals surface area contributed by atoms with Crippen LogP contribution in [0.25, 0.3) is 0 Å². The summed E-state index contributed by atoms with van der Waals surface area (Å²) < 4.78 is 1.07. The zero-order valence-corrected chi connectivity index (χ0v) is 11.8. The maximum absolute atomic E-state index is 9.04. The van der Waals surface area contributed by atoms with Crippen LogP contribution in [0.1, 0.15) is 5.56 Å². The monoisotopic (exact) mass is 313 g/mol. The summed E-state index contributed by atoms with van der Waals surface area (Å²) in [6.45, 7) is 1.79. The number of anilines is 3. The minimum absolute atomic E-state index is 0.685. The summed E-state index contributed by atoms with van der Waals surface area (Å²) in [4.78, 5) is 2.24. The van der Waals surface area contributed by atoms with Crippen molar-refractivity contribution in [1.82, 2.24) is 0 Å². The molecule has 0 spiro atoms. The Morgan fingerprint density at radius 2 is 1.95 bits per heavy atom. The Morgan fingerprint density at radius 1 is 1.16 bits per heavy atom. The summed E-state index contributed by atoms with van der Waals surface area (Å²) >= 11 is 3.45. The third-order valence-electron chi connectivity index (χ3n) is 3.21. The van der Waals surface area contributed by atoms with Gasteiger partial charge in [-0.15, -0.1) is 0 Å².